The molecule has 0 bridgehead atoms. The Kier molecular flexibility index (Phi) is 7.29. The fourth-order valence-electron chi connectivity index (χ4n) is 3.51. The van der Waals surface area contributed by atoms with E-state index in [-0.39, 0.29) is 29.9 Å². The smallest absolute Gasteiger partial charge is 0.262 e. The predicted octanol–water partition coefficient (Wildman–Crippen LogP) is 2.71. The summed E-state index contributed by atoms with van der Waals surface area (Å²) in [7, 11) is 0. The van der Waals surface area contributed by atoms with Crippen LogP contribution in [0.3, 0.4) is 0 Å². The minimum absolute atomic E-state index is 0.00550. The van der Waals surface area contributed by atoms with Crippen LogP contribution in [-0.2, 0) is 11.3 Å². The highest BCUT2D eigenvalue weighted by Gasteiger charge is 2.17. The fraction of sp³-hybridized carbons (Fsp3) is 0.550. The molecular formula is C20H27N3O3S. The van der Waals surface area contributed by atoms with Crippen molar-refractivity contribution in [1.29, 1.82) is 0 Å². The number of rotatable bonds is 7. The number of hydrogen-bond donors (Lipinski definition) is 2. The summed E-state index contributed by atoms with van der Waals surface area (Å²) in [6.45, 7) is 0.394. The molecule has 146 valence electrons. The Labute approximate surface area is 163 Å². The lowest BCUT2D eigenvalue weighted by Gasteiger charge is -2.16. The third kappa shape index (κ3) is 5.32. The van der Waals surface area contributed by atoms with Gasteiger partial charge < -0.3 is 10.4 Å². The van der Waals surface area contributed by atoms with Gasteiger partial charge in [0.1, 0.15) is 0 Å². The van der Waals surface area contributed by atoms with E-state index in [2.05, 4.69) is 10.3 Å². The van der Waals surface area contributed by atoms with Gasteiger partial charge in [-0.05, 0) is 31.4 Å². The molecule has 1 aliphatic rings. The standard InChI is InChI=1S/C20H27N3O3S/c24-13-7-12-23-19(26)16-10-5-6-11-17(16)22-20(23)27-14-18(25)21-15-8-3-1-2-4-9-15/h5-6,10-11,15,24H,1-4,7-9,12-14H2,(H,21,25). The largest absolute Gasteiger partial charge is 0.396 e. The van der Waals surface area contributed by atoms with Crippen LogP contribution in [0.2, 0.25) is 0 Å². The third-order valence-electron chi connectivity index (χ3n) is 4.92. The van der Waals surface area contributed by atoms with Crippen molar-refractivity contribution < 1.29 is 9.90 Å². The lowest BCUT2D eigenvalue weighted by atomic mass is 10.1. The molecule has 1 heterocycles. The summed E-state index contributed by atoms with van der Waals surface area (Å²) in [4.78, 5) is 29.8. The molecule has 1 fully saturated rings. The molecule has 1 aromatic carbocycles. The molecule has 27 heavy (non-hydrogen) atoms. The number of benzene rings is 1. The van der Waals surface area contributed by atoms with Gasteiger partial charge in [0, 0.05) is 19.2 Å². The molecule has 1 aliphatic carbocycles. The number of fused-ring (bicyclic) bond motifs is 1. The number of nitrogens with zero attached hydrogens (tertiary/aromatic N) is 2. The van der Waals surface area contributed by atoms with Crippen molar-refractivity contribution in [3.63, 3.8) is 0 Å². The van der Waals surface area contributed by atoms with Crippen molar-refractivity contribution in [3.8, 4) is 0 Å². The van der Waals surface area contributed by atoms with Gasteiger partial charge >= 0.3 is 0 Å². The van der Waals surface area contributed by atoms with Gasteiger partial charge in [0.2, 0.25) is 5.91 Å². The molecule has 0 saturated heterocycles. The number of nitrogens with one attached hydrogen (secondary N) is 1. The van der Waals surface area contributed by atoms with Crippen molar-refractivity contribution in [2.45, 2.75) is 62.7 Å². The lowest BCUT2D eigenvalue weighted by Crippen LogP contribution is -2.35. The number of carbonyl (C=O) groups excluding carboxylic acids is 1. The highest BCUT2D eigenvalue weighted by atomic mass is 32.2. The van der Waals surface area contributed by atoms with Crippen LogP contribution in [0.25, 0.3) is 10.9 Å². The second kappa shape index (κ2) is 9.90. The van der Waals surface area contributed by atoms with Crippen molar-refractivity contribution in [2.24, 2.45) is 0 Å². The highest BCUT2D eigenvalue weighted by molar-refractivity contribution is 7.99. The van der Waals surface area contributed by atoms with Crippen LogP contribution >= 0.6 is 11.8 Å². The number of thioether (sulfide) groups is 1. The molecule has 7 heteroatoms. The third-order valence-corrected chi connectivity index (χ3v) is 5.90. The van der Waals surface area contributed by atoms with E-state index in [0.29, 0.717) is 29.0 Å². The summed E-state index contributed by atoms with van der Waals surface area (Å²) >= 11 is 1.29. The topological polar surface area (TPSA) is 84.2 Å². The van der Waals surface area contributed by atoms with Crippen LogP contribution in [-0.4, -0.2) is 39.0 Å². The molecule has 0 aliphatic heterocycles. The normalized spacial score (nSPS) is 15.6. The average Bonchev–Trinajstić information content (AvgIpc) is 2.94. The maximum absolute atomic E-state index is 12.8. The number of aromatic nitrogens is 2. The van der Waals surface area contributed by atoms with Crippen LogP contribution in [0.15, 0.2) is 34.2 Å². The molecule has 0 unspecified atom stereocenters. The molecule has 0 radical (unpaired) electrons. The van der Waals surface area contributed by atoms with Gasteiger partial charge in [-0.15, -0.1) is 0 Å². The number of carbonyl (C=O) groups is 1. The number of hydrogen-bond acceptors (Lipinski definition) is 5. The molecule has 1 aromatic heterocycles. The molecule has 0 spiro atoms. The Bertz CT molecular complexity index is 829. The van der Waals surface area contributed by atoms with E-state index in [9.17, 15) is 9.59 Å². The Hall–Kier alpha value is -1.86. The Balaban J connectivity index is 1.72. The molecule has 2 N–H and O–H groups in total. The van der Waals surface area contributed by atoms with E-state index in [1.807, 2.05) is 18.2 Å². The molecule has 1 amide bonds. The van der Waals surface area contributed by atoms with Gasteiger partial charge in [0.15, 0.2) is 5.16 Å². The van der Waals surface area contributed by atoms with E-state index < -0.39 is 0 Å². The molecule has 3 rings (SSSR count). The quantitative estimate of drug-likeness (QED) is 0.432. The zero-order valence-corrected chi connectivity index (χ0v) is 16.3. The van der Waals surface area contributed by atoms with Gasteiger partial charge in [0.25, 0.3) is 5.56 Å². The average molecular weight is 390 g/mol. The van der Waals surface area contributed by atoms with Gasteiger partial charge in [0.05, 0.1) is 16.7 Å². The maximum Gasteiger partial charge on any atom is 0.262 e. The van der Waals surface area contributed by atoms with Crippen molar-refractivity contribution in [2.75, 3.05) is 12.4 Å². The van der Waals surface area contributed by atoms with Crippen LogP contribution < -0.4 is 10.9 Å². The summed E-state index contributed by atoms with van der Waals surface area (Å²) in [5, 5.41) is 13.4. The zero-order chi connectivity index (χ0) is 19.1. The number of aliphatic hydroxyl groups excluding tert-OH is 1. The van der Waals surface area contributed by atoms with Gasteiger partial charge in [-0.25, -0.2) is 4.98 Å². The SMILES string of the molecule is O=C(CSc1nc2ccccc2c(=O)n1CCCO)NC1CCCCCC1. The van der Waals surface area contributed by atoms with E-state index >= 15 is 0 Å². The van der Waals surface area contributed by atoms with Crippen molar-refractivity contribution in [1.82, 2.24) is 14.9 Å². The van der Waals surface area contributed by atoms with Crippen molar-refractivity contribution in [3.05, 3.63) is 34.6 Å². The number of amides is 1. The van der Waals surface area contributed by atoms with Crippen molar-refractivity contribution >= 4 is 28.6 Å². The Morgan fingerprint density at radius 2 is 1.96 bits per heavy atom. The first-order valence-electron chi connectivity index (χ1n) is 9.71. The van der Waals surface area contributed by atoms with E-state index in [4.69, 9.17) is 5.11 Å². The molecule has 2 aromatic rings. The summed E-state index contributed by atoms with van der Waals surface area (Å²) in [5.41, 5.74) is 0.509. The van der Waals surface area contributed by atoms with Gasteiger partial charge in [-0.1, -0.05) is 49.6 Å². The minimum Gasteiger partial charge on any atom is -0.396 e. The molecule has 6 nitrogen and oxygen atoms in total. The number of para-hydroxylation sites is 1. The van der Waals surface area contributed by atoms with Crippen LogP contribution in [0.5, 0.6) is 0 Å². The Morgan fingerprint density at radius 1 is 1.22 bits per heavy atom. The fourth-order valence-corrected chi connectivity index (χ4v) is 4.34. The summed E-state index contributed by atoms with van der Waals surface area (Å²) in [6.07, 6.45) is 7.41. The van der Waals surface area contributed by atoms with Crippen LogP contribution in [0.4, 0.5) is 0 Å². The second-order valence-electron chi connectivity index (χ2n) is 6.99. The lowest BCUT2D eigenvalue weighted by molar-refractivity contribution is -0.119. The minimum atomic E-state index is -0.124. The maximum atomic E-state index is 12.8. The summed E-state index contributed by atoms with van der Waals surface area (Å²) in [5.74, 6) is 0.225. The number of aliphatic hydroxyl groups is 1. The van der Waals surface area contributed by atoms with Crippen LogP contribution in [0.1, 0.15) is 44.9 Å². The monoisotopic (exact) mass is 389 g/mol. The summed E-state index contributed by atoms with van der Waals surface area (Å²) < 4.78 is 1.57. The molecule has 0 atom stereocenters. The second-order valence-corrected chi connectivity index (χ2v) is 7.93. The first kappa shape index (κ1) is 19.9. The van der Waals surface area contributed by atoms with Gasteiger partial charge in [-0.2, -0.15) is 0 Å². The van der Waals surface area contributed by atoms with E-state index in [1.165, 1.54) is 37.4 Å². The predicted molar refractivity (Wildman–Crippen MR) is 108 cm³/mol. The Morgan fingerprint density at radius 3 is 2.70 bits per heavy atom. The van der Waals surface area contributed by atoms with E-state index in [1.54, 1.807) is 10.6 Å². The first-order valence-corrected chi connectivity index (χ1v) is 10.7. The zero-order valence-electron chi connectivity index (χ0n) is 15.5. The highest BCUT2D eigenvalue weighted by Crippen LogP contribution is 2.20. The van der Waals surface area contributed by atoms with Gasteiger partial charge in [-0.3, -0.25) is 14.2 Å². The summed E-state index contributed by atoms with van der Waals surface area (Å²) in [6, 6.07) is 7.49. The van der Waals surface area contributed by atoms with Crippen LogP contribution in [0, 0.1) is 0 Å². The molecule has 1 saturated carbocycles. The molecular weight excluding hydrogens is 362 g/mol. The first-order chi connectivity index (χ1) is 13.2. The van der Waals surface area contributed by atoms with E-state index in [0.717, 1.165) is 12.8 Å².